The molecule has 0 bridgehead atoms. The number of rotatable bonds is 3. The minimum absolute atomic E-state index is 0.00543. The van der Waals surface area contributed by atoms with Crippen molar-refractivity contribution < 1.29 is 27.5 Å². The normalized spacial score (nSPS) is 20.5. The van der Waals surface area contributed by atoms with Gasteiger partial charge in [-0.2, -0.15) is 5.10 Å². The van der Waals surface area contributed by atoms with Gasteiger partial charge in [0.25, 0.3) is 5.91 Å². The molecule has 2 aliphatic heterocycles. The number of nitrogens with zero attached hydrogens (tertiary/aromatic N) is 3. The lowest BCUT2D eigenvalue weighted by molar-refractivity contribution is 0.0564. The molecule has 5 rings (SSSR count). The summed E-state index contributed by atoms with van der Waals surface area (Å²) in [5.74, 6) is -6.07. The topological polar surface area (TPSA) is 75.4 Å². The molecule has 1 fully saturated rings. The summed E-state index contributed by atoms with van der Waals surface area (Å²) in [5.41, 5.74) is -1.48. The standard InChI is InChI=1S/C23H17F4N3O3/c24-12-3-4-16(27)15(9-12)19(11-6-13(25)8-14(26)7-11)20-17-2-1-5-29(17)23(33)21-22(32)18(31)10-28-30(20)21/h3-4,6-10,17,19-20,32H,1-2,5H2/t17-,19+,20-/m1/s1. The second kappa shape index (κ2) is 7.72. The molecule has 2 aliphatic rings. The summed E-state index contributed by atoms with van der Waals surface area (Å²) in [6.07, 6.45) is 1.84. The number of aromatic hydroxyl groups is 1. The van der Waals surface area contributed by atoms with E-state index in [1.165, 1.54) is 4.90 Å². The number of benzene rings is 2. The molecule has 3 atom stereocenters. The molecule has 0 unspecified atom stereocenters. The molecule has 3 aromatic rings. The smallest absolute Gasteiger partial charge is 0.276 e. The van der Waals surface area contributed by atoms with Crippen LogP contribution in [0.4, 0.5) is 17.6 Å². The van der Waals surface area contributed by atoms with E-state index in [2.05, 4.69) is 5.10 Å². The van der Waals surface area contributed by atoms with Gasteiger partial charge in [-0.15, -0.1) is 0 Å². The third-order valence-corrected chi connectivity index (χ3v) is 6.30. The highest BCUT2D eigenvalue weighted by Gasteiger charge is 2.48. The summed E-state index contributed by atoms with van der Waals surface area (Å²) in [6, 6.07) is 3.85. The van der Waals surface area contributed by atoms with Gasteiger partial charge in [0.2, 0.25) is 5.43 Å². The second-order valence-electron chi connectivity index (χ2n) is 8.20. The Balaban J connectivity index is 1.83. The Morgan fingerprint density at radius 1 is 1.00 bits per heavy atom. The lowest BCUT2D eigenvalue weighted by Gasteiger charge is -2.42. The summed E-state index contributed by atoms with van der Waals surface area (Å²) < 4.78 is 58.8. The Hall–Kier alpha value is -3.69. The first kappa shape index (κ1) is 21.2. The predicted octanol–water partition coefficient (Wildman–Crippen LogP) is 3.50. The highest BCUT2D eigenvalue weighted by molar-refractivity contribution is 5.96. The quantitative estimate of drug-likeness (QED) is 0.609. The van der Waals surface area contributed by atoms with Crippen molar-refractivity contribution in [3.63, 3.8) is 0 Å². The van der Waals surface area contributed by atoms with Crippen molar-refractivity contribution in [2.45, 2.75) is 30.8 Å². The summed E-state index contributed by atoms with van der Waals surface area (Å²) in [6.45, 7) is 0.304. The minimum Gasteiger partial charge on any atom is -0.502 e. The maximum atomic E-state index is 15.0. The molecule has 33 heavy (non-hydrogen) atoms. The predicted molar refractivity (Wildman–Crippen MR) is 108 cm³/mol. The molecule has 3 heterocycles. The lowest BCUT2D eigenvalue weighted by atomic mass is 9.79. The van der Waals surface area contributed by atoms with Gasteiger partial charge >= 0.3 is 0 Å². The van der Waals surface area contributed by atoms with Gasteiger partial charge in [0.15, 0.2) is 11.4 Å². The number of amides is 1. The van der Waals surface area contributed by atoms with E-state index in [4.69, 9.17) is 0 Å². The number of hydrogen-bond donors (Lipinski definition) is 1. The Bertz CT molecular complexity index is 1320. The average molecular weight is 459 g/mol. The average Bonchev–Trinajstić information content (AvgIpc) is 3.25. The Labute approximate surface area is 184 Å². The molecule has 10 heteroatoms. The molecular weight excluding hydrogens is 442 g/mol. The van der Waals surface area contributed by atoms with Crippen LogP contribution in [0.3, 0.4) is 0 Å². The monoisotopic (exact) mass is 459 g/mol. The van der Waals surface area contributed by atoms with Crippen molar-refractivity contribution in [2.75, 3.05) is 6.54 Å². The van der Waals surface area contributed by atoms with Crippen LogP contribution in [-0.2, 0) is 0 Å². The molecule has 1 aromatic heterocycles. The molecular formula is C23H17F4N3O3. The summed E-state index contributed by atoms with van der Waals surface area (Å²) >= 11 is 0. The molecule has 0 spiro atoms. The van der Waals surface area contributed by atoms with Crippen molar-refractivity contribution in [2.24, 2.45) is 0 Å². The van der Waals surface area contributed by atoms with Gasteiger partial charge in [0, 0.05) is 24.1 Å². The maximum absolute atomic E-state index is 15.0. The number of halogens is 4. The van der Waals surface area contributed by atoms with Gasteiger partial charge in [-0.05, 0) is 48.7 Å². The number of carbonyl (C=O) groups is 1. The van der Waals surface area contributed by atoms with Crippen LogP contribution in [0.5, 0.6) is 5.75 Å². The maximum Gasteiger partial charge on any atom is 0.276 e. The molecule has 0 aliphatic carbocycles. The second-order valence-corrected chi connectivity index (χ2v) is 8.20. The molecule has 2 aromatic carbocycles. The van der Waals surface area contributed by atoms with E-state index in [1.54, 1.807) is 0 Å². The Morgan fingerprint density at radius 3 is 2.45 bits per heavy atom. The van der Waals surface area contributed by atoms with E-state index in [-0.39, 0.29) is 11.1 Å². The zero-order chi connectivity index (χ0) is 23.4. The number of hydrogen-bond acceptors (Lipinski definition) is 4. The summed E-state index contributed by atoms with van der Waals surface area (Å²) in [4.78, 5) is 26.5. The lowest BCUT2D eigenvalue weighted by Crippen LogP contribution is -2.51. The van der Waals surface area contributed by atoms with Crippen molar-refractivity contribution in [1.29, 1.82) is 0 Å². The van der Waals surface area contributed by atoms with Crippen LogP contribution in [0.25, 0.3) is 0 Å². The van der Waals surface area contributed by atoms with Gasteiger partial charge < -0.3 is 10.0 Å². The van der Waals surface area contributed by atoms with E-state index in [0.29, 0.717) is 25.5 Å². The Kier molecular flexibility index (Phi) is 4.95. The van der Waals surface area contributed by atoms with E-state index in [1.807, 2.05) is 0 Å². The molecule has 1 N–H and O–H groups in total. The van der Waals surface area contributed by atoms with E-state index < -0.39 is 64.0 Å². The van der Waals surface area contributed by atoms with E-state index in [0.717, 1.165) is 41.2 Å². The largest absolute Gasteiger partial charge is 0.502 e. The zero-order valence-corrected chi connectivity index (χ0v) is 17.0. The highest BCUT2D eigenvalue weighted by Crippen LogP contribution is 2.46. The molecule has 0 saturated carbocycles. The first-order chi connectivity index (χ1) is 15.8. The van der Waals surface area contributed by atoms with E-state index in [9.17, 15) is 27.9 Å². The fourth-order valence-electron chi connectivity index (χ4n) is 5.01. The van der Waals surface area contributed by atoms with Crippen LogP contribution in [0, 0.1) is 23.3 Å². The van der Waals surface area contributed by atoms with Crippen LogP contribution in [0.15, 0.2) is 47.4 Å². The number of aromatic nitrogens is 2. The van der Waals surface area contributed by atoms with Gasteiger partial charge in [-0.3, -0.25) is 14.3 Å². The molecule has 1 amide bonds. The van der Waals surface area contributed by atoms with Crippen molar-refractivity contribution in [1.82, 2.24) is 14.7 Å². The van der Waals surface area contributed by atoms with Crippen LogP contribution in [0.1, 0.15) is 46.4 Å². The fraction of sp³-hybridized carbons (Fsp3) is 0.261. The van der Waals surface area contributed by atoms with Crippen LogP contribution < -0.4 is 5.43 Å². The number of fused-ring (bicyclic) bond motifs is 2. The first-order valence-corrected chi connectivity index (χ1v) is 10.3. The molecule has 6 nitrogen and oxygen atoms in total. The fourth-order valence-corrected chi connectivity index (χ4v) is 5.01. The highest BCUT2D eigenvalue weighted by atomic mass is 19.1. The third kappa shape index (κ3) is 3.37. The van der Waals surface area contributed by atoms with Crippen molar-refractivity contribution in [3.05, 3.63) is 92.9 Å². The first-order valence-electron chi connectivity index (χ1n) is 10.3. The minimum atomic E-state index is -1.20. The molecule has 170 valence electrons. The molecule has 0 radical (unpaired) electrons. The Morgan fingerprint density at radius 2 is 1.73 bits per heavy atom. The third-order valence-electron chi connectivity index (χ3n) is 6.30. The molecule has 1 saturated heterocycles. The van der Waals surface area contributed by atoms with Gasteiger partial charge in [-0.1, -0.05) is 0 Å². The van der Waals surface area contributed by atoms with Crippen molar-refractivity contribution in [3.8, 4) is 5.75 Å². The van der Waals surface area contributed by atoms with E-state index >= 15 is 4.39 Å². The summed E-state index contributed by atoms with van der Waals surface area (Å²) in [5, 5.41) is 14.4. The van der Waals surface area contributed by atoms with Crippen LogP contribution >= 0.6 is 0 Å². The SMILES string of the molecule is O=C1c2c(O)c(=O)cnn2[C@@H]([C@@H](c2cc(F)cc(F)c2)c2cc(F)ccc2F)[C@H]2CCCN12. The van der Waals surface area contributed by atoms with Gasteiger partial charge in [0.05, 0.1) is 18.3 Å². The summed E-state index contributed by atoms with van der Waals surface area (Å²) in [7, 11) is 0. The van der Waals surface area contributed by atoms with Crippen LogP contribution in [-0.4, -0.2) is 38.3 Å². The van der Waals surface area contributed by atoms with Crippen molar-refractivity contribution >= 4 is 5.91 Å². The number of carbonyl (C=O) groups excluding carboxylic acids is 1. The van der Waals surface area contributed by atoms with Gasteiger partial charge in [-0.25, -0.2) is 17.6 Å². The van der Waals surface area contributed by atoms with Crippen LogP contribution in [0.2, 0.25) is 0 Å². The zero-order valence-electron chi connectivity index (χ0n) is 17.0. The van der Waals surface area contributed by atoms with Gasteiger partial charge in [0.1, 0.15) is 23.3 Å².